The fourth-order valence-electron chi connectivity index (χ4n) is 15.0. The van der Waals surface area contributed by atoms with Gasteiger partial charge >= 0.3 is 0 Å². The molecule has 430 valence electrons. The Kier molecular flexibility index (Phi) is 11.1. The number of rotatable bonds is 7. The first kappa shape index (κ1) is 51.9. The SMILES string of the molecule is Cc1cc2c3c(c1)N(c1ccc(-c4cccc5c4oc4ccccc45)cc1-c1cccc4oc5ccccc5c14)c1c(sc4cc(C(C)(C)C)ccc14)B3c1ccc(N(c3ccccc3)c3ccccc3)cc1N2c1ccc2cc3oc4ccccc4c3cc2c1. The minimum Gasteiger partial charge on any atom is -0.456 e. The summed E-state index contributed by atoms with van der Waals surface area (Å²) >= 11 is 1.94. The van der Waals surface area contributed by atoms with E-state index in [4.69, 9.17) is 13.3 Å². The standard InChI is InChI=1S/C83H56BN3O3S/c1-49-41-70-79-71(42-49)87(68-40-34-51(58-26-17-28-62-59-23-11-15-30-73(59)90-81(58)62)44-65(68)61-27-18-32-75-78(61)63-25-13-16-31-74(63)88-75)80-64-38-35-53(83(2,3)4)47-77(64)91-82(80)84(79)67-39-37-57(85(54-19-7-5-8-20-54)55-21-9-6-10-22-55)48-69(67)86(70)56-36-33-50-46-76-66(45-52(50)43-56)60-24-12-14-29-72(60)89-76/h5-48H,1-4H3. The third-order valence-electron chi connectivity index (χ3n) is 19.2. The number of hydrogen-bond acceptors (Lipinski definition) is 7. The predicted octanol–water partition coefficient (Wildman–Crippen LogP) is 22.2. The number of anilines is 9. The lowest BCUT2D eigenvalue weighted by molar-refractivity contribution is 0.591. The third-order valence-corrected chi connectivity index (χ3v) is 20.4. The van der Waals surface area contributed by atoms with Gasteiger partial charge in [-0.2, -0.15) is 0 Å². The Morgan fingerprint density at radius 3 is 1.82 bits per heavy atom. The summed E-state index contributed by atoms with van der Waals surface area (Å²) in [6.45, 7) is 9.10. The van der Waals surface area contributed by atoms with Gasteiger partial charge in [-0.25, -0.2) is 0 Å². The molecule has 91 heavy (non-hydrogen) atoms. The molecule has 0 spiro atoms. The number of fused-ring (bicyclic) bond motifs is 16. The molecular weight excluding hydrogens is 1130 g/mol. The Hall–Kier alpha value is -11.1. The molecule has 6 heterocycles. The number of para-hydroxylation sites is 6. The van der Waals surface area contributed by atoms with Crippen LogP contribution < -0.4 is 30.4 Å². The molecule has 17 aromatic rings. The van der Waals surface area contributed by atoms with Gasteiger partial charge in [0.15, 0.2) is 0 Å². The summed E-state index contributed by atoms with van der Waals surface area (Å²) in [4.78, 5) is 7.60. The van der Waals surface area contributed by atoms with Gasteiger partial charge in [-0.3, -0.25) is 0 Å². The second-order valence-corrected chi connectivity index (χ2v) is 26.7. The zero-order chi connectivity index (χ0) is 60.4. The zero-order valence-electron chi connectivity index (χ0n) is 50.5. The van der Waals surface area contributed by atoms with Crippen molar-refractivity contribution in [3.05, 3.63) is 278 Å². The molecular formula is C83H56BN3O3S. The Morgan fingerprint density at radius 2 is 1.05 bits per heavy atom. The van der Waals surface area contributed by atoms with E-state index in [1.165, 1.54) is 37.0 Å². The Balaban J connectivity index is 0.912. The lowest BCUT2D eigenvalue weighted by Crippen LogP contribution is -2.60. The van der Waals surface area contributed by atoms with E-state index < -0.39 is 0 Å². The van der Waals surface area contributed by atoms with Gasteiger partial charge in [0.1, 0.15) is 33.5 Å². The normalized spacial score (nSPS) is 13.0. The average Bonchev–Trinajstić information content (AvgIpc) is 1.68. The smallest absolute Gasteiger partial charge is 0.264 e. The van der Waals surface area contributed by atoms with Crippen LogP contribution in [0.15, 0.2) is 280 Å². The quantitative estimate of drug-likeness (QED) is 0.148. The number of furan rings is 3. The van der Waals surface area contributed by atoms with Gasteiger partial charge in [0, 0.05) is 98.1 Å². The molecule has 0 aliphatic carbocycles. The molecule has 0 saturated heterocycles. The molecule has 0 radical (unpaired) electrons. The Bertz CT molecular complexity index is 5850. The van der Waals surface area contributed by atoms with Crippen molar-refractivity contribution in [1.29, 1.82) is 0 Å². The second kappa shape index (κ2) is 19.5. The first-order chi connectivity index (χ1) is 44.6. The van der Waals surface area contributed by atoms with Gasteiger partial charge in [0.05, 0.1) is 11.4 Å². The van der Waals surface area contributed by atoms with Gasteiger partial charge in [-0.05, 0) is 172 Å². The van der Waals surface area contributed by atoms with Crippen LogP contribution in [0, 0.1) is 6.92 Å². The summed E-state index contributed by atoms with van der Waals surface area (Å²) in [7, 11) is 0. The van der Waals surface area contributed by atoms with Gasteiger partial charge in [-0.1, -0.05) is 172 Å². The maximum absolute atomic E-state index is 6.83. The Labute approximate surface area is 529 Å². The molecule has 0 atom stereocenters. The monoisotopic (exact) mass is 1190 g/mol. The van der Waals surface area contributed by atoms with Crippen LogP contribution in [0.5, 0.6) is 0 Å². The van der Waals surface area contributed by atoms with Crippen molar-refractivity contribution in [2.24, 2.45) is 0 Å². The van der Waals surface area contributed by atoms with E-state index in [0.717, 1.165) is 150 Å². The van der Waals surface area contributed by atoms with Gasteiger partial charge in [0.25, 0.3) is 6.71 Å². The van der Waals surface area contributed by atoms with Crippen LogP contribution in [0.3, 0.4) is 0 Å². The van der Waals surface area contributed by atoms with Crippen LogP contribution in [0.1, 0.15) is 31.9 Å². The second-order valence-electron chi connectivity index (χ2n) is 25.6. The number of aryl methyl sites for hydroxylation is 1. The van der Waals surface area contributed by atoms with Crippen LogP contribution in [0.2, 0.25) is 0 Å². The van der Waals surface area contributed by atoms with E-state index in [1.807, 2.05) is 17.4 Å². The number of hydrogen-bond donors (Lipinski definition) is 0. The summed E-state index contributed by atoms with van der Waals surface area (Å²) < 4.78 is 22.6. The van der Waals surface area contributed by atoms with Crippen LogP contribution >= 0.6 is 11.3 Å². The zero-order valence-corrected chi connectivity index (χ0v) is 51.3. The van der Waals surface area contributed by atoms with E-state index in [0.29, 0.717) is 0 Å². The largest absolute Gasteiger partial charge is 0.456 e. The molecule has 8 heteroatoms. The van der Waals surface area contributed by atoms with Crippen molar-refractivity contribution in [3.63, 3.8) is 0 Å². The lowest BCUT2D eigenvalue weighted by atomic mass is 9.36. The first-order valence-electron chi connectivity index (χ1n) is 31.3. The minimum absolute atomic E-state index is 0.0720. The Morgan fingerprint density at radius 1 is 0.407 bits per heavy atom. The van der Waals surface area contributed by atoms with Crippen molar-refractivity contribution in [1.82, 2.24) is 0 Å². The van der Waals surface area contributed by atoms with Crippen LogP contribution in [-0.4, -0.2) is 6.71 Å². The van der Waals surface area contributed by atoms with Gasteiger partial charge in [-0.15, -0.1) is 11.3 Å². The van der Waals surface area contributed by atoms with E-state index in [1.54, 1.807) is 0 Å². The maximum atomic E-state index is 6.83. The molecule has 0 saturated carbocycles. The highest BCUT2D eigenvalue weighted by Crippen LogP contribution is 2.54. The summed E-state index contributed by atoms with van der Waals surface area (Å²) in [6.07, 6.45) is 0. The predicted molar refractivity (Wildman–Crippen MR) is 384 cm³/mol. The van der Waals surface area contributed by atoms with Gasteiger partial charge < -0.3 is 28.0 Å². The average molecular weight is 1190 g/mol. The molecule has 0 bridgehead atoms. The summed E-state index contributed by atoms with van der Waals surface area (Å²) in [5, 5.41) is 10.1. The highest BCUT2D eigenvalue weighted by molar-refractivity contribution is 7.33. The van der Waals surface area contributed by atoms with Crippen molar-refractivity contribution >= 4 is 172 Å². The van der Waals surface area contributed by atoms with Crippen molar-refractivity contribution in [2.45, 2.75) is 33.1 Å². The summed E-state index contributed by atoms with van der Waals surface area (Å²) in [6, 6.07) is 97.9. The summed E-state index contributed by atoms with van der Waals surface area (Å²) in [5.74, 6) is 0. The molecule has 0 N–H and O–H groups in total. The van der Waals surface area contributed by atoms with E-state index in [9.17, 15) is 0 Å². The number of thiophene rings is 1. The first-order valence-corrected chi connectivity index (χ1v) is 32.1. The van der Waals surface area contributed by atoms with Crippen LogP contribution in [-0.2, 0) is 5.41 Å². The molecule has 0 amide bonds. The number of nitrogens with zero attached hydrogens (tertiary/aromatic N) is 3. The van der Waals surface area contributed by atoms with Crippen molar-refractivity contribution < 1.29 is 13.3 Å². The summed E-state index contributed by atoms with van der Waals surface area (Å²) in [5.41, 5.74) is 24.4. The lowest BCUT2D eigenvalue weighted by Gasteiger charge is -2.44. The van der Waals surface area contributed by atoms with E-state index in [2.05, 4.69) is 303 Å². The molecule has 6 nitrogen and oxygen atoms in total. The highest BCUT2D eigenvalue weighted by Gasteiger charge is 2.46. The molecule has 0 unspecified atom stereocenters. The highest BCUT2D eigenvalue weighted by atomic mass is 32.1. The molecule has 2 aliphatic heterocycles. The number of benzene rings is 13. The fraction of sp³-hybridized carbons (Fsp3) is 0.0602. The van der Waals surface area contributed by atoms with E-state index >= 15 is 0 Å². The minimum atomic E-state index is -0.137. The van der Waals surface area contributed by atoms with Gasteiger partial charge in [0.2, 0.25) is 0 Å². The van der Waals surface area contributed by atoms with Crippen molar-refractivity contribution in [2.75, 3.05) is 14.7 Å². The van der Waals surface area contributed by atoms with Crippen molar-refractivity contribution in [3.8, 4) is 22.3 Å². The van der Waals surface area contributed by atoms with Crippen LogP contribution in [0.4, 0.5) is 51.2 Å². The molecule has 4 aromatic heterocycles. The topological polar surface area (TPSA) is 49.1 Å². The fourth-order valence-corrected chi connectivity index (χ4v) is 16.4. The molecule has 19 rings (SSSR count). The third kappa shape index (κ3) is 7.85. The maximum Gasteiger partial charge on any atom is 0.264 e. The van der Waals surface area contributed by atoms with E-state index in [-0.39, 0.29) is 12.1 Å². The van der Waals surface area contributed by atoms with Crippen LogP contribution in [0.25, 0.3) is 109 Å². The molecule has 0 fully saturated rings. The molecule has 2 aliphatic rings. The molecule has 13 aromatic carbocycles.